The summed E-state index contributed by atoms with van der Waals surface area (Å²) in [5.41, 5.74) is -0.596. The first kappa shape index (κ1) is 16.4. The van der Waals surface area contributed by atoms with Crippen molar-refractivity contribution in [3.63, 3.8) is 0 Å². The molecule has 0 saturated heterocycles. The molecule has 1 aromatic rings. The summed E-state index contributed by atoms with van der Waals surface area (Å²) in [5, 5.41) is 11.6. The number of benzene rings is 1. The fourth-order valence-electron chi connectivity index (χ4n) is 3.48. The number of carboxylic acids is 1. The number of halogens is 1. The Morgan fingerprint density at radius 3 is 2.45 bits per heavy atom. The van der Waals surface area contributed by atoms with Gasteiger partial charge in [0.15, 0.2) is 0 Å². The van der Waals surface area contributed by atoms with Crippen LogP contribution in [0.25, 0.3) is 0 Å². The Labute approximate surface area is 128 Å². The molecule has 22 heavy (non-hydrogen) atoms. The van der Waals surface area contributed by atoms with Gasteiger partial charge >= 0.3 is 5.97 Å². The van der Waals surface area contributed by atoms with E-state index < -0.39 is 17.7 Å². The highest BCUT2D eigenvalue weighted by Crippen LogP contribution is 2.47. The molecule has 3 atom stereocenters. The van der Waals surface area contributed by atoms with Crippen LogP contribution in [0.5, 0.6) is 0 Å². The second-order valence-corrected chi connectivity index (χ2v) is 6.29. The SMILES string of the molecule is COC1C(C)C(NC(=O)c2ccc(C(=O)O)cc2F)C1(C)C. The van der Waals surface area contributed by atoms with Gasteiger partial charge in [0.05, 0.1) is 17.2 Å². The Balaban J connectivity index is 2.15. The number of methoxy groups -OCH3 is 1. The Morgan fingerprint density at radius 2 is 2.00 bits per heavy atom. The van der Waals surface area contributed by atoms with Crippen molar-refractivity contribution < 1.29 is 23.8 Å². The van der Waals surface area contributed by atoms with E-state index in [1.165, 1.54) is 12.1 Å². The second kappa shape index (κ2) is 5.68. The van der Waals surface area contributed by atoms with Crippen molar-refractivity contribution in [1.82, 2.24) is 5.32 Å². The van der Waals surface area contributed by atoms with Crippen LogP contribution in [0.1, 0.15) is 41.5 Å². The van der Waals surface area contributed by atoms with Crippen LogP contribution >= 0.6 is 0 Å². The van der Waals surface area contributed by atoms with Gasteiger partial charge in [-0.1, -0.05) is 20.8 Å². The van der Waals surface area contributed by atoms with Gasteiger partial charge in [0.25, 0.3) is 5.91 Å². The topological polar surface area (TPSA) is 75.6 Å². The van der Waals surface area contributed by atoms with Crippen molar-refractivity contribution in [1.29, 1.82) is 0 Å². The van der Waals surface area contributed by atoms with E-state index in [0.717, 1.165) is 6.07 Å². The molecule has 3 unspecified atom stereocenters. The first-order valence-electron chi connectivity index (χ1n) is 7.06. The minimum Gasteiger partial charge on any atom is -0.478 e. The van der Waals surface area contributed by atoms with Crippen LogP contribution in [0.15, 0.2) is 18.2 Å². The Kier molecular flexibility index (Phi) is 4.24. The molecule has 0 aromatic heterocycles. The third kappa shape index (κ3) is 2.59. The molecular weight excluding hydrogens is 289 g/mol. The maximum Gasteiger partial charge on any atom is 0.335 e. The van der Waals surface area contributed by atoms with Crippen molar-refractivity contribution in [2.24, 2.45) is 11.3 Å². The molecular formula is C16H20FNO4. The number of rotatable bonds is 4. The minimum absolute atomic E-state index is 0.0250. The summed E-state index contributed by atoms with van der Waals surface area (Å²) in [6.45, 7) is 5.93. The zero-order valence-electron chi connectivity index (χ0n) is 13.0. The number of aromatic carboxylic acids is 1. The van der Waals surface area contributed by atoms with Gasteiger partial charge in [-0.3, -0.25) is 4.79 Å². The van der Waals surface area contributed by atoms with E-state index in [9.17, 15) is 14.0 Å². The smallest absolute Gasteiger partial charge is 0.335 e. The molecule has 6 heteroatoms. The van der Waals surface area contributed by atoms with Crippen molar-refractivity contribution >= 4 is 11.9 Å². The Hall–Kier alpha value is -1.95. The summed E-state index contributed by atoms with van der Waals surface area (Å²) in [5.74, 6) is -2.51. The Morgan fingerprint density at radius 1 is 1.36 bits per heavy atom. The zero-order valence-corrected chi connectivity index (χ0v) is 13.0. The molecule has 2 rings (SSSR count). The second-order valence-electron chi connectivity index (χ2n) is 6.29. The number of nitrogens with one attached hydrogen (secondary N) is 1. The number of carbonyl (C=O) groups excluding carboxylic acids is 1. The standard InChI is InChI=1S/C16H20FNO4/c1-8-12(16(2,3)13(8)22-4)18-14(19)10-6-5-9(15(20)21)7-11(10)17/h5-8,12-13H,1-4H3,(H,18,19)(H,20,21). The summed E-state index contributed by atoms with van der Waals surface area (Å²) < 4.78 is 19.3. The number of hydrogen-bond donors (Lipinski definition) is 2. The lowest BCUT2D eigenvalue weighted by Gasteiger charge is -2.56. The number of ether oxygens (including phenoxy) is 1. The fourth-order valence-corrected chi connectivity index (χ4v) is 3.48. The summed E-state index contributed by atoms with van der Waals surface area (Å²) in [4.78, 5) is 23.0. The predicted octanol–water partition coefficient (Wildman–Crippen LogP) is 2.31. The average molecular weight is 309 g/mol. The molecule has 0 radical (unpaired) electrons. The van der Waals surface area contributed by atoms with Crippen LogP contribution in [0, 0.1) is 17.2 Å². The van der Waals surface area contributed by atoms with Gasteiger partial charge in [0.2, 0.25) is 0 Å². The first-order valence-corrected chi connectivity index (χ1v) is 7.06. The lowest BCUT2D eigenvalue weighted by Crippen LogP contribution is -2.67. The van der Waals surface area contributed by atoms with Crippen LogP contribution in [-0.2, 0) is 4.74 Å². The number of hydrogen-bond acceptors (Lipinski definition) is 3. The molecule has 1 fully saturated rings. The molecule has 0 bridgehead atoms. The van der Waals surface area contributed by atoms with Gasteiger partial charge in [-0.2, -0.15) is 0 Å². The third-order valence-corrected chi connectivity index (χ3v) is 4.54. The van der Waals surface area contributed by atoms with Gasteiger partial charge in [0, 0.05) is 24.5 Å². The van der Waals surface area contributed by atoms with E-state index in [0.29, 0.717) is 0 Å². The molecule has 2 N–H and O–H groups in total. The van der Waals surface area contributed by atoms with Gasteiger partial charge in [-0.15, -0.1) is 0 Å². The molecule has 1 amide bonds. The molecule has 1 saturated carbocycles. The molecule has 1 aliphatic rings. The van der Waals surface area contributed by atoms with Crippen molar-refractivity contribution in [3.8, 4) is 0 Å². The van der Waals surface area contributed by atoms with Gasteiger partial charge in [0.1, 0.15) is 5.82 Å². The summed E-state index contributed by atoms with van der Waals surface area (Å²) in [7, 11) is 1.63. The first-order chi connectivity index (χ1) is 10.2. The van der Waals surface area contributed by atoms with E-state index >= 15 is 0 Å². The van der Waals surface area contributed by atoms with E-state index in [1.807, 2.05) is 20.8 Å². The summed E-state index contributed by atoms with van der Waals surface area (Å²) in [6.07, 6.45) is 0.0250. The van der Waals surface area contributed by atoms with E-state index in [4.69, 9.17) is 9.84 Å². The maximum absolute atomic E-state index is 13.9. The van der Waals surface area contributed by atoms with Crippen LogP contribution in [-0.4, -0.2) is 36.2 Å². The van der Waals surface area contributed by atoms with E-state index in [-0.39, 0.29) is 34.6 Å². The molecule has 1 aliphatic carbocycles. The minimum atomic E-state index is -1.23. The number of amides is 1. The van der Waals surface area contributed by atoms with E-state index in [1.54, 1.807) is 7.11 Å². The molecule has 5 nitrogen and oxygen atoms in total. The lowest BCUT2D eigenvalue weighted by atomic mass is 9.58. The van der Waals surface area contributed by atoms with Crippen molar-refractivity contribution in [2.75, 3.05) is 7.11 Å². The normalized spacial score (nSPS) is 26.1. The van der Waals surface area contributed by atoms with Crippen LogP contribution < -0.4 is 5.32 Å². The van der Waals surface area contributed by atoms with Gasteiger partial charge in [-0.25, -0.2) is 9.18 Å². The van der Waals surface area contributed by atoms with Crippen molar-refractivity contribution in [3.05, 3.63) is 35.1 Å². The molecule has 0 heterocycles. The van der Waals surface area contributed by atoms with Crippen molar-refractivity contribution in [2.45, 2.75) is 32.9 Å². The lowest BCUT2D eigenvalue weighted by molar-refractivity contribution is -0.141. The van der Waals surface area contributed by atoms with Crippen LogP contribution in [0.2, 0.25) is 0 Å². The van der Waals surface area contributed by atoms with Crippen LogP contribution in [0.3, 0.4) is 0 Å². The maximum atomic E-state index is 13.9. The number of carboxylic acid groups (broad SMARTS) is 1. The molecule has 120 valence electrons. The zero-order chi connectivity index (χ0) is 16.7. The quantitative estimate of drug-likeness (QED) is 0.895. The monoisotopic (exact) mass is 309 g/mol. The fraction of sp³-hybridized carbons (Fsp3) is 0.500. The van der Waals surface area contributed by atoms with Gasteiger partial charge in [-0.05, 0) is 18.2 Å². The molecule has 0 spiro atoms. The van der Waals surface area contributed by atoms with E-state index in [2.05, 4.69) is 5.32 Å². The highest BCUT2D eigenvalue weighted by molar-refractivity contribution is 5.96. The average Bonchev–Trinajstić information content (AvgIpc) is 2.44. The summed E-state index contributed by atoms with van der Waals surface area (Å²) in [6, 6.07) is 3.12. The molecule has 0 aliphatic heterocycles. The largest absolute Gasteiger partial charge is 0.478 e. The molecule has 1 aromatic carbocycles. The van der Waals surface area contributed by atoms with Gasteiger partial charge < -0.3 is 15.2 Å². The number of carbonyl (C=O) groups is 2. The highest BCUT2D eigenvalue weighted by Gasteiger charge is 2.55. The Bertz CT molecular complexity index is 614. The summed E-state index contributed by atoms with van der Waals surface area (Å²) >= 11 is 0. The predicted molar refractivity (Wildman–Crippen MR) is 78.4 cm³/mol. The third-order valence-electron chi connectivity index (χ3n) is 4.54. The van der Waals surface area contributed by atoms with Crippen LogP contribution in [0.4, 0.5) is 4.39 Å². The highest BCUT2D eigenvalue weighted by atomic mass is 19.1.